The van der Waals surface area contributed by atoms with Gasteiger partial charge in [-0.05, 0) is 26.9 Å². The van der Waals surface area contributed by atoms with Gasteiger partial charge in [0.1, 0.15) is 0 Å². The Bertz CT molecular complexity index is 306. The van der Waals surface area contributed by atoms with Crippen molar-refractivity contribution in [2.45, 2.75) is 40.3 Å². The van der Waals surface area contributed by atoms with E-state index in [1.54, 1.807) is 0 Å². The molecule has 1 aromatic heterocycles. The van der Waals surface area contributed by atoms with Crippen LogP contribution in [0.5, 0.6) is 0 Å². The molecule has 96 valence electrons. The van der Waals surface area contributed by atoms with Crippen molar-refractivity contribution < 1.29 is 0 Å². The molecule has 0 saturated heterocycles. The van der Waals surface area contributed by atoms with Crippen LogP contribution in [-0.4, -0.2) is 40.5 Å². The summed E-state index contributed by atoms with van der Waals surface area (Å²) in [7, 11) is 0. The van der Waals surface area contributed by atoms with E-state index in [9.17, 15) is 0 Å². The zero-order chi connectivity index (χ0) is 12.7. The Balaban J connectivity index is 2.32. The summed E-state index contributed by atoms with van der Waals surface area (Å²) in [6.45, 7) is 12.6. The zero-order valence-corrected chi connectivity index (χ0v) is 11.4. The first-order valence-corrected chi connectivity index (χ1v) is 6.39. The Morgan fingerprint density at radius 3 is 2.47 bits per heavy atom. The second-order valence-electron chi connectivity index (χ2n) is 4.42. The smallest absolute Gasteiger partial charge is 0.0724 e. The van der Waals surface area contributed by atoms with Gasteiger partial charge in [-0.3, -0.25) is 9.97 Å². The maximum atomic E-state index is 4.33. The van der Waals surface area contributed by atoms with Crippen LogP contribution in [0.15, 0.2) is 12.4 Å². The predicted molar refractivity (Wildman–Crippen MR) is 70.9 cm³/mol. The molecule has 4 nitrogen and oxygen atoms in total. The number of aryl methyl sites for hydroxylation is 1. The molecule has 1 N–H and O–H groups in total. The summed E-state index contributed by atoms with van der Waals surface area (Å²) in [6, 6.07) is 0.470. The molecule has 17 heavy (non-hydrogen) atoms. The summed E-state index contributed by atoms with van der Waals surface area (Å²) in [5.41, 5.74) is 1.96. The number of nitrogens with zero attached hydrogens (tertiary/aromatic N) is 3. The summed E-state index contributed by atoms with van der Waals surface area (Å²) in [5.74, 6) is 0. The van der Waals surface area contributed by atoms with Gasteiger partial charge in [-0.25, -0.2) is 0 Å². The summed E-state index contributed by atoms with van der Waals surface area (Å²) >= 11 is 0. The fraction of sp³-hybridized carbons (Fsp3) is 0.692. The summed E-state index contributed by atoms with van der Waals surface area (Å²) < 4.78 is 0. The highest BCUT2D eigenvalue weighted by molar-refractivity contribution is 5.00. The second kappa shape index (κ2) is 7.35. The van der Waals surface area contributed by atoms with Crippen molar-refractivity contribution in [2.75, 3.05) is 19.6 Å². The minimum Gasteiger partial charge on any atom is -0.307 e. The van der Waals surface area contributed by atoms with Gasteiger partial charge in [0.15, 0.2) is 0 Å². The average Bonchev–Trinajstić information content (AvgIpc) is 2.35. The van der Waals surface area contributed by atoms with E-state index in [1.165, 1.54) is 0 Å². The van der Waals surface area contributed by atoms with E-state index in [-0.39, 0.29) is 0 Å². The SMILES string of the molecule is CCN(CC)CC(C)NCc1cnc(C)cn1. The van der Waals surface area contributed by atoms with Crippen LogP contribution < -0.4 is 5.32 Å². The Labute approximate surface area is 104 Å². The molecule has 1 unspecified atom stereocenters. The first-order valence-electron chi connectivity index (χ1n) is 6.39. The van der Waals surface area contributed by atoms with Gasteiger partial charge in [0.2, 0.25) is 0 Å². The molecule has 0 saturated carbocycles. The summed E-state index contributed by atoms with van der Waals surface area (Å²) in [4.78, 5) is 11.0. The predicted octanol–water partition coefficient (Wildman–Crippen LogP) is 1.60. The van der Waals surface area contributed by atoms with Gasteiger partial charge < -0.3 is 10.2 Å². The van der Waals surface area contributed by atoms with Crippen molar-refractivity contribution in [3.63, 3.8) is 0 Å². The number of rotatable bonds is 7. The van der Waals surface area contributed by atoms with E-state index in [4.69, 9.17) is 0 Å². The molecule has 4 heteroatoms. The van der Waals surface area contributed by atoms with E-state index in [2.05, 4.69) is 41.0 Å². The molecule has 0 aliphatic heterocycles. The molecule has 1 atom stereocenters. The Hall–Kier alpha value is -1.00. The molecular weight excluding hydrogens is 212 g/mol. The molecule has 0 spiro atoms. The van der Waals surface area contributed by atoms with Crippen molar-refractivity contribution in [1.29, 1.82) is 0 Å². The first kappa shape index (κ1) is 14.1. The lowest BCUT2D eigenvalue weighted by Crippen LogP contribution is -2.38. The van der Waals surface area contributed by atoms with Gasteiger partial charge in [0.25, 0.3) is 0 Å². The summed E-state index contributed by atoms with van der Waals surface area (Å²) in [6.07, 6.45) is 3.65. The lowest BCUT2D eigenvalue weighted by molar-refractivity contribution is 0.270. The Morgan fingerprint density at radius 1 is 1.24 bits per heavy atom. The second-order valence-corrected chi connectivity index (χ2v) is 4.42. The van der Waals surface area contributed by atoms with E-state index >= 15 is 0 Å². The minimum atomic E-state index is 0.470. The lowest BCUT2D eigenvalue weighted by Gasteiger charge is -2.23. The minimum absolute atomic E-state index is 0.470. The molecule has 1 aromatic rings. The fourth-order valence-corrected chi connectivity index (χ4v) is 1.72. The van der Waals surface area contributed by atoms with Gasteiger partial charge in [0, 0.05) is 31.5 Å². The number of aromatic nitrogens is 2. The molecule has 0 radical (unpaired) electrons. The van der Waals surface area contributed by atoms with Crippen molar-refractivity contribution in [2.24, 2.45) is 0 Å². The van der Waals surface area contributed by atoms with Crippen LogP contribution in [0.25, 0.3) is 0 Å². The number of nitrogens with one attached hydrogen (secondary N) is 1. The van der Waals surface area contributed by atoms with Crippen molar-refractivity contribution in [3.8, 4) is 0 Å². The van der Waals surface area contributed by atoms with Gasteiger partial charge >= 0.3 is 0 Å². The molecular formula is C13H24N4. The van der Waals surface area contributed by atoms with Gasteiger partial charge in [-0.15, -0.1) is 0 Å². The van der Waals surface area contributed by atoms with Crippen LogP contribution >= 0.6 is 0 Å². The lowest BCUT2D eigenvalue weighted by atomic mass is 10.3. The monoisotopic (exact) mass is 236 g/mol. The molecule has 0 aromatic carbocycles. The molecule has 0 aliphatic carbocycles. The maximum Gasteiger partial charge on any atom is 0.0724 e. The van der Waals surface area contributed by atoms with Crippen LogP contribution in [-0.2, 0) is 6.54 Å². The van der Waals surface area contributed by atoms with Crippen molar-refractivity contribution in [3.05, 3.63) is 23.8 Å². The normalized spacial score (nSPS) is 13.0. The van der Waals surface area contributed by atoms with Crippen LogP contribution in [0.2, 0.25) is 0 Å². The van der Waals surface area contributed by atoms with E-state index < -0.39 is 0 Å². The Morgan fingerprint density at radius 2 is 1.94 bits per heavy atom. The third-order valence-electron chi connectivity index (χ3n) is 2.89. The maximum absolute atomic E-state index is 4.33. The molecule has 1 rings (SSSR count). The highest BCUT2D eigenvalue weighted by atomic mass is 15.1. The van der Waals surface area contributed by atoms with Crippen molar-refractivity contribution in [1.82, 2.24) is 20.2 Å². The first-order chi connectivity index (χ1) is 8.15. The fourth-order valence-electron chi connectivity index (χ4n) is 1.72. The third-order valence-corrected chi connectivity index (χ3v) is 2.89. The van der Waals surface area contributed by atoms with E-state index in [0.29, 0.717) is 6.04 Å². The van der Waals surface area contributed by atoms with Crippen LogP contribution in [0.3, 0.4) is 0 Å². The van der Waals surface area contributed by atoms with Crippen LogP contribution in [0, 0.1) is 6.92 Å². The van der Waals surface area contributed by atoms with Gasteiger partial charge in [-0.1, -0.05) is 13.8 Å². The third kappa shape index (κ3) is 5.24. The topological polar surface area (TPSA) is 41.0 Å². The molecule has 0 aliphatic rings. The molecule has 0 fully saturated rings. The van der Waals surface area contributed by atoms with Crippen LogP contribution in [0.4, 0.5) is 0 Å². The summed E-state index contributed by atoms with van der Waals surface area (Å²) in [5, 5.41) is 3.47. The van der Waals surface area contributed by atoms with Crippen molar-refractivity contribution >= 4 is 0 Å². The standard InChI is InChI=1S/C13H24N4/c1-5-17(6-2)10-12(4)15-9-13-8-14-11(3)7-16-13/h7-8,12,15H,5-6,9-10H2,1-4H3. The Kier molecular flexibility index (Phi) is 6.08. The zero-order valence-electron chi connectivity index (χ0n) is 11.4. The number of likely N-dealkylation sites (N-methyl/N-ethyl adjacent to an activating group) is 1. The van der Waals surface area contributed by atoms with Gasteiger partial charge in [-0.2, -0.15) is 0 Å². The van der Waals surface area contributed by atoms with Crippen LogP contribution in [0.1, 0.15) is 32.2 Å². The van der Waals surface area contributed by atoms with E-state index in [0.717, 1.165) is 37.6 Å². The molecule has 0 amide bonds. The molecule has 0 bridgehead atoms. The van der Waals surface area contributed by atoms with Gasteiger partial charge in [0.05, 0.1) is 11.4 Å². The quantitative estimate of drug-likeness (QED) is 0.781. The average molecular weight is 236 g/mol. The van der Waals surface area contributed by atoms with E-state index in [1.807, 2.05) is 19.3 Å². The number of hydrogen-bond donors (Lipinski definition) is 1. The number of hydrogen-bond acceptors (Lipinski definition) is 4. The highest BCUT2D eigenvalue weighted by Crippen LogP contribution is 1.96. The largest absolute Gasteiger partial charge is 0.307 e. The highest BCUT2D eigenvalue weighted by Gasteiger charge is 2.06. The molecule has 1 heterocycles.